The van der Waals surface area contributed by atoms with Gasteiger partial charge in [0.2, 0.25) is 0 Å². The molecule has 76 valence electrons. The topological polar surface area (TPSA) is 22.0 Å². The summed E-state index contributed by atoms with van der Waals surface area (Å²) in [6.45, 7) is 1.86. The third-order valence-electron chi connectivity index (χ3n) is 2.32. The molecule has 0 spiro atoms. The van der Waals surface area contributed by atoms with Crippen molar-refractivity contribution in [3.63, 3.8) is 0 Å². The Kier molecular flexibility index (Phi) is 2.37. The molecule has 2 rings (SSSR count). The van der Waals surface area contributed by atoms with Crippen LogP contribution in [-0.4, -0.2) is 10.9 Å². The van der Waals surface area contributed by atoms with Crippen LogP contribution in [0.3, 0.4) is 0 Å². The number of nitrogens with zero attached hydrogens (tertiary/aromatic N) is 1. The summed E-state index contributed by atoms with van der Waals surface area (Å²) < 4.78 is 14.5. The van der Waals surface area contributed by atoms with E-state index >= 15 is 0 Å². The number of hydrogen-bond acceptors (Lipinski definition) is 1. The molecule has 0 aliphatic rings. The minimum Gasteiger partial charge on any atom is -0.323 e. The zero-order valence-corrected chi connectivity index (χ0v) is 8.27. The Labute approximate surface area is 87.0 Å². The number of carbonyl (C=O) groups excluding carboxylic acids is 1. The van der Waals surface area contributed by atoms with E-state index in [1.54, 1.807) is 22.9 Å². The van der Waals surface area contributed by atoms with Crippen molar-refractivity contribution in [1.82, 2.24) is 4.57 Å². The summed E-state index contributed by atoms with van der Waals surface area (Å²) in [5.74, 6) is -0.266. The molecule has 0 fully saturated rings. The summed E-state index contributed by atoms with van der Waals surface area (Å²) in [4.78, 5) is 10.7. The minimum atomic E-state index is -0.266. The Balaban J connectivity index is 2.45. The zero-order chi connectivity index (χ0) is 10.8. The lowest BCUT2D eigenvalue weighted by Gasteiger charge is -2.01. The second-order valence-corrected chi connectivity index (χ2v) is 3.40. The number of carbonyl (C=O) groups is 1. The van der Waals surface area contributed by atoms with Gasteiger partial charge in [-0.05, 0) is 36.8 Å². The van der Waals surface area contributed by atoms with Gasteiger partial charge < -0.3 is 4.57 Å². The van der Waals surface area contributed by atoms with Gasteiger partial charge in [0.05, 0.1) is 0 Å². The number of halogens is 1. The van der Waals surface area contributed by atoms with E-state index in [9.17, 15) is 9.18 Å². The van der Waals surface area contributed by atoms with Crippen molar-refractivity contribution in [2.75, 3.05) is 0 Å². The maximum atomic E-state index is 12.7. The molecule has 0 unspecified atom stereocenters. The van der Waals surface area contributed by atoms with Gasteiger partial charge in [-0.3, -0.25) is 4.79 Å². The maximum Gasteiger partial charge on any atom is 0.151 e. The predicted molar refractivity (Wildman–Crippen MR) is 55.9 cm³/mol. The van der Waals surface area contributed by atoms with E-state index in [1.165, 1.54) is 12.1 Å². The van der Waals surface area contributed by atoms with Crippen molar-refractivity contribution >= 4 is 6.29 Å². The summed E-state index contributed by atoms with van der Waals surface area (Å²) in [7, 11) is 0. The first-order valence-electron chi connectivity index (χ1n) is 4.60. The summed E-state index contributed by atoms with van der Waals surface area (Å²) in [5, 5.41) is 0. The van der Waals surface area contributed by atoms with Crippen molar-refractivity contribution < 1.29 is 9.18 Å². The van der Waals surface area contributed by atoms with Gasteiger partial charge in [0, 0.05) is 23.6 Å². The number of aryl methyl sites for hydroxylation is 1. The van der Waals surface area contributed by atoms with E-state index in [-0.39, 0.29) is 5.82 Å². The molecule has 0 amide bonds. The highest BCUT2D eigenvalue weighted by Gasteiger charge is 2.02. The van der Waals surface area contributed by atoms with E-state index < -0.39 is 0 Å². The average Bonchev–Trinajstić information content (AvgIpc) is 2.61. The molecule has 0 saturated carbocycles. The maximum absolute atomic E-state index is 12.7. The van der Waals surface area contributed by atoms with Crippen LogP contribution in [0.4, 0.5) is 4.39 Å². The molecule has 0 aliphatic heterocycles. The van der Waals surface area contributed by atoms with Gasteiger partial charge in [-0.2, -0.15) is 0 Å². The van der Waals surface area contributed by atoms with Crippen LogP contribution >= 0.6 is 0 Å². The highest BCUT2D eigenvalue weighted by atomic mass is 19.1. The highest BCUT2D eigenvalue weighted by Crippen LogP contribution is 2.14. The van der Waals surface area contributed by atoms with E-state index in [0.717, 1.165) is 17.5 Å². The number of benzene rings is 1. The number of aldehydes is 1. The normalized spacial score (nSPS) is 10.3. The second-order valence-electron chi connectivity index (χ2n) is 3.40. The third kappa shape index (κ3) is 1.81. The van der Waals surface area contributed by atoms with Gasteiger partial charge in [-0.15, -0.1) is 0 Å². The standard InChI is InChI=1S/C12H10FNO/c1-9-6-14(7-10(9)8-15)12-4-2-11(13)3-5-12/h2-8H,1H3. The van der Waals surface area contributed by atoms with E-state index in [0.29, 0.717) is 5.56 Å². The third-order valence-corrected chi connectivity index (χ3v) is 2.32. The second kappa shape index (κ2) is 3.69. The molecule has 0 saturated heterocycles. The first-order valence-corrected chi connectivity index (χ1v) is 4.60. The van der Waals surface area contributed by atoms with Gasteiger partial charge >= 0.3 is 0 Å². The fourth-order valence-corrected chi connectivity index (χ4v) is 1.46. The SMILES string of the molecule is Cc1cn(-c2ccc(F)cc2)cc1C=O. The molecule has 0 aliphatic carbocycles. The molecular formula is C12H10FNO. The van der Waals surface area contributed by atoms with Crippen LogP contribution in [0.1, 0.15) is 15.9 Å². The molecule has 1 aromatic carbocycles. The molecular weight excluding hydrogens is 193 g/mol. The Morgan fingerprint density at radius 3 is 2.40 bits per heavy atom. The molecule has 15 heavy (non-hydrogen) atoms. The largest absolute Gasteiger partial charge is 0.323 e. The molecule has 0 atom stereocenters. The Morgan fingerprint density at radius 2 is 1.87 bits per heavy atom. The molecule has 2 aromatic rings. The van der Waals surface area contributed by atoms with Crippen LogP contribution in [0.5, 0.6) is 0 Å². The van der Waals surface area contributed by atoms with Crippen LogP contribution in [0.25, 0.3) is 5.69 Å². The van der Waals surface area contributed by atoms with Crippen molar-refractivity contribution in [3.8, 4) is 5.69 Å². The quantitative estimate of drug-likeness (QED) is 0.688. The Hall–Kier alpha value is -1.90. The average molecular weight is 203 g/mol. The lowest BCUT2D eigenvalue weighted by Crippen LogP contribution is -1.89. The van der Waals surface area contributed by atoms with Gasteiger partial charge in [0.1, 0.15) is 5.82 Å². The van der Waals surface area contributed by atoms with Gasteiger partial charge in [0.15, 0.2) is 6.29 Å². The number of rotatable bonds is 2. The van der Waals surface area contributed by atoms with Crippen molar-refractivity contribution in [2.45, 2.75) is 6.92 Å². The molecule has 1 aromatic heterocycles. The number of hydrogen-bond donors (Lipinski definition) is 0. The van der Waals surface area contributed by atoms with E-state index in [1.807, 2.05) is 13.1 Å². The zero-order valence-electron chi connectivity index (χ0n) is 8.27. The molecule has 3 heteroatoms. The number of aromatic nitrogens is 1. The molecule has 0 bridgehead atoms. The summed E-state index contributed by atoms with van der Waals surface area (Å²) >= 11 is 0. The first-order chi connectivity index (χ1) is 7.20. The van der Waals surface area contributed by atoms with E-state index in [4.69, 9.17) is 0 Å². The van der Waals surface area contributed by atoms with Crippen LogP contribution in [0.15, 0.2) is 36.7 Å². The van der Waals surface area contributed by atoms with Crippen LogP contribution in [0.2, 0.25) is 0 Å². The molecule has 1 heterocycles. The van der Waals surface area contributed by atoms with Crippen molar-refractivity contribution in [1.29, 1.82) is 0 Å². The van der Waals surface area contributed by atoms with Crippen LogP contribution in [-0.2, 0) is 0 Å². The summed E-state index contributed by atoms with van der Waals surface area (Å²) in [5.41, 5.74) is 2.40. The van der Waals surface area contributed by atoms with Gasteiger partial charge in [0.25, 0.3) is 0 Å². The Bertz CT molecular complexity index is 485. The van der Waals surface area contributed by atoms with Crippen molar-refractivity contribution in [2.24, 2.45) is 0 Å². The molecule has 0 radical (unpaired) electrons. The fourth-order valence-electron chi connectivity index (χ4n) is 1.46. The molecule has 2 nitrogen and oxygen atoms in total. The summed E-state index contributed by atoms with van der Waals surface area (Å²) in [6, 6.07) is 6.13. The summed E-state index contributed by atoms with van der Waals surface area (Å²) in [6.07, 6.45) is 4.39. The smallest absolute Gasteiger partial charge is 0.151 e. The minimum absolute atomic E-state index is 0.266. The lowest BCUT2D eigenvalue weighted by molar-refractivity contribution is 0.112. The van der Waals surface area contributed by atoms with E-state index in [2.05, 4.69) is 0 Å². The Morgan fingerprint density at radius 1 is 1.20 bits per heavy atom. The van der Waals surface area contributed by atoms with Gasteiger partial charge in [-0.1, -0.05) is 0 Å². The lowest BCUT2D eigenvalue weighted by atomic mass is 10.2. The highest BCUT2D eigenvalue weighted by molar-refractivity contribution is 5.77. The monoisotopic (exact) mass is 203 g/mol. The van der Waals surface area contributed by atoms with Crippen LogP contribution in [0, 0.1) is 12.7 Å². The van der Waals surface area contributed by atoms with Crippen molar-refractivity contribution in [3.05, 3.63) is 53.6 Å². The van der Waals surface area contributed by atoms with Crippen LogP contribution < -0.4 is 0 Å². The fraction of sp³-hybridized carbons (Fsp3) is 0.0833. The molecule has 0 N–H and O–H groups in total. The first kappa shape index (κ1) is 9.65. The predicted octanol–water partition coefficient (Wildman–Crippen LogP) is 2.74. The van der Waals surface area contributed by atoms with Gasteiger partial charge in [-0.25, -0.2) is 4.39 Å².